The van der Waals surface area contributed by atoms with Crippen LogP contribution in [0.4, 0.5) is 0 Å². The van der Waals surface area contributed by atoms with Crippen LogP contribution in [-0.4, -0.2) is 106 Å². The summed E-state index contributed by atoms with van der Waals surface area (Å²) >= 11 is 0. The number of likely N-dealkylation sites (N-methyl/N-ethyl adjacent to an activating group) is 1. The molecule has 2 aliphatic heterocycles. The van der Waals surface area contributed by atoms with Crippen molar-refractivity contribution >= 4 is 5.97 Å². The van der Waals surface area contributed by atoms with Crippen LogP contribution in [0.2, 0.25) is 0 Å². The molecule has 10 heteroatoms. The lowest BCUT2D eigenvalue weighted by Gasteiger charge is -2.50. The molecule has 10 nitrogen and oxygen atoms in total. The van der Waals surface area contributed by atoms with Gasteiger partial charge in [-0.15, -0.1) is 0 Å². The SMILES string of the molecule is CC[C@@H]1CC[C@@H](C)C(OC2[C@H](O)C(OC3OC[C@](C)(O)[C@H](N(C)CCC(=O)O)[C@H]3O)[C@H](C)C[C@@H]2C)O1. The maximum atomic E-state index is 11.4. The summed E-state index contributed by atoms with van der Waals surface area (Å²) in [5.41, 5.74) is -1.41. The lowest BCUT2D eigenvalue weighted by Crippen LogP contribution is -2.67. The van der Waals surface area contributed by atoms with Crippen molar-refractivity contribution in [1.82, 2.24) is 4.90 Å². The lowest BCUT2D eigenvalue weighted by molar-refractivity contribution is -0.323. The second-order valence-corrected chi connectivity index (χ2v) is 11.6. The molecule has 210 valence electrons. The lowest BCUT2D eigenvalue weighted by atomic mass is 9.77. The first-order valence-electron chi connectivity index (χ1n) is 13.4. The van der Waals surface area contributed by atoms with Gasteiger partial charge in [-0.1, -0.05) is 27.7 Å². The molecule has 0 bridgehead atoms. The Labute approximate surface area is 214 Å². The molecule has 0 amide bonds. The minimum atomic E-state index is -1.41. The van der Waals surface area contributed by atoms with Gasteiger partial charge in [-0.2, -0.15) is 0 Å². The van der Waals surface area contributed by atoms with Gasteiger partial charge in [-0.05, 0) is 51.5 Å². The Morgan fingerprint density at radius 3 is 2.22 bits per heavy atom. The second-order valence-electron chi connectivity index (χ2n) is 11.6. The third kappa shape index (κ3) is 6.77. The summed E-state index contributed by atoms with van der Waals surface area (Å²) in [6.45, 7) is 9.85. The number of aliphatic carboxylic acids is 1. The Bertz CT molecular complexity index is 722. The van der Waals surface area contributed by atoms with Crippen molar-refractivity contribution in [3.05, 3.63) is 0 Å². The highest BCUT2D eigenvalue weighted by molar-refractivity contribution is 5.66. The molecule has 0 spiro atoms. The van der Waals surface area contributed by atoms with Crippen molar-refractivity contribution in [2.24, 2.45) is 17.8 Å². The smallest absolute Gasteiger partial charge is 0.304 e. The molecule has 3 aliphatic rings. The van der Waals surface area contributed by atoms with Crippen molar-refractivity contribution in [2.45, 2.75) is 121 Å². The number of rotatable bonds is 9. The molecule has 36 heavy (non-hydrogen) atoms. The number of nitrogens with zero attached hydrogens (tertiary/aromatic N) is 1. The summed E-state index contributed by atoms with van der Waals surface area (Å²) < 4.78 is 24.5. The van der Waals surface area contributed by atoms with Crippen LogP contribution in [0, 0.1) is 17.8 Å². The van der Waals surface area contributed by atoms with Crippen LogP contribution in [0.15, 0.2) is 0 Å². The Balaban J connectivity index is 1.70. The number of hydrogen-bond donors (Lipinski definition) is 4. The van der Waals surface area contributed by atoms with Crippen molar-refractivity contribution in [3.63, 3.8) is 0 Å². The van der Waals surface area contributed by atoms with Crippen LogP contribution in [0.25, 0.3) is 0 Å². The fourth-order valence-electron chi connectivity index (χ4n) is 6.11. The van der Waals surface area contributed by atoms with Gasteiger partial charge >= 0.3 is 5.97 Å². The number of carboxylic acids is 1. The molecular weight excluding hydrogens is 470 g/mol. The molecule has 0 aromatic carbocycles. The Kier molecular flexibility index (Phi) is 10.2. The summed E-state index contributed by atoms with van der Waals surface area (Å²) in [4.78, 5) is 12.7. The highest BCUT2D eigenvalue weighted by atomic mass is 16.7. The van der Waals surface area contributed by atoms with Crippen LogP contribution >= 0.6 is 0 Å². The van der Waals surface area contributed by atoms with Gasteiger partial charge in [0.2, 0.25) is 0 Å². The molecule has 2 heterocycles. The van der Waals surface area contributed by atoms with E-state index in [-0.39, 0.29) is 43.4 Å². The Hall–Kier alpha value is -0.850. The normalized spacial score (nSPS) is 46.1. The molecular formula is C26H47NO9. The predicted octanol–water partition coefficient (Wildman–Crippen LogP) is 1.59. The van der Waals surface area contributed by atoms with E-state index in [2.05, 4.69) is 20.8 Å². The summed E-state index contributed by atoms with van der Waals surface area (Å²) in [6.07, 6.45) is -1.12. The highest BCUT2D eigenvalue weighted by Crippen LogP contribution is 2.38. The van der Waals surface area contributed by atoms with Gasteiger partial charge in [0.1, 0.15) is 17.8 Å². The first-order valence-corrected chi connectivity index (χ1v) is 13.4. The molecule has 12 atom stereocenters. The average molecular weight is 518 g/mol. The minimum absolute atomic E-state index is 0.0237. The molecule has 1 aliphatic carbocycles. The van der Waals surface area contributed by atoms with E-state index < -0.39 is 54.6 Å². The summed E-state index contributed by atoms with van der Waals surface area (Å²) in [6, 6.07) is -0.805. The van der Waals surface area contributed by atoms with Crippen LogP contribution < -0.4 is 0 Å². The average Bonchev–Trinajstić information content (AvgIpc) is 2.80. The number of carbonyl (C=O) groups is 1. The van der Waals surface area contributed by atoms with Gasteiger partial charge in [0.05, 0.1) is 37.4 Å². The molecule has 0 radical (unpaired) electrons. The van der Waals surface area contributed by atoms with E-state index in [1.165, 1.54) is 0 Å². The quantitative estimate of drug-likeness (QED) is 0.357. The van der Waals surface area contributed by atoms with Gasteiger partial charge < -0.3 is 39.4 Å². The van der Waals surface area contributed by atoms with Crippen LogP contribution in [0.1, 0.15) is 66.7 Å². The Morgan fingerprint density at radius 2 is 1.64 bits per heavy atom. The monoisotopic (exact) mass is 517 g/mol. The standard InChI is InChI=1S/C26H47NO9/c1-7-17-9-8-14(2)24(34-17)35-21-15(3)12-16(4)22(19(21)30)36-25-20(31)23(26(5,32)13-33-25)27(6)11-10-18(28)29/h14-17,19-25,30-32H,7-13H2,1-6H3,(H,28,29)/t14-,15+,16-,17-,19+,20-,21?,22?,23-,24?,25?,26+/m1/s1. The predicted molar refractivity (Wildman–Crippen MR) is 131 cm³/mol. The fourth-order valence-corrected chi connectivity index (χ4v) is 6.11. The highest BCUT2D eigenvalue weighted by Gasteiger charge is 2.52. The molecule has 3 rings (SSSR count). The number of hydrogen-bond acceptors (Lipinski definition) is 9. The zero-order valence-electron chi connectivity index (χ0n) is 22.6. The van der Waals surface area contributed by atoms with Crippen LogP contribution in [0.3, 0.4) is 0 Å². The van der Waals surface area contributed by atoms with E-state index in [0.717, 1.165) is 25.7 Å². The largest absolute Gasteiger partial charge is 0.481 e. The first kappa shape index (κ1) is 29.7. The maximum Gasteiger partial charge on any atom is 0.304 e. The molecule has 0 aromatic rings. The van der Waals surface area contributed by atoms with Crippen LogP contribution in [0.5, 0.6) is 0 Å². The van der Waals surface area contributed by atoms with E-state index in [1.54, 1.807) is 18.9 Å². The first-order chi connectivity index (χ1) is 16.9. The number of aliphatic hydroxyl groups excluding tert-OH is 2. The summed E-state index contributed by atoms with van der Waals surface area (Å²) in [7, 11) is 1.66. The molecule has 1 saturated carbocycles. The summed E-state index contributed by atoms with van der Waals surface area (Å²) in [5, 5.41) is 42.4. The van der Waals surface area contributed by atoms with E-state index in [1.807, 2.05) is 6.92 Å². The summed E-state index contributed by atoms with van der Waals surface area (Å²) in [5.74, 6) is -0.680. The second kappa shape index (κ2) is 12.3. The Morgan fingerprint density at radius 1 is 1.03 bits per heavy atom. The molecule has 4 N–H and O–H groups in total. The van der Waals surface area contributed by atoms with Crippen molar-refractivity contribution < 1.29 is 44.2 Å². The molecule has 0 aromatic heterocycles. The van der Waals surface area contributed by atoms with Crippen molar-refractivity contribution in [1.29, 1.82) is 0 Å². The van der Waals surface area contributed by atoms with E-state index >= 15 is 0 Å². The third-order valence-corrected chi connectivity index (χ3v) is 8.24. The molecule has 4 unspecified atom stereocenters. The van der Waals surface area contributed by atoms with Gasteiger partial charge in [0.15, 0.2) is 12.6 Å². The van der Waals surface area contributed by atoms with E-state index in [9.17, 15) is 20.1 Å². The van der Waals surface area contributed by atoms with Gasteiger partial charge in [-0.3, -0.25) is 9.69 Å². The maximum absolute atomic E-state index is 11.4. The van der Waals surface area contributed by atoms with Gasteiger partial charge in [0, 0.05) is 12.5 Å². The van der Waals surface area contributed by atoms with E-state index in [4.69, 9.17) is 24.1 Å². The number of carboxylic acid groups (broad SMARTS) is 1. The third-order valence-electron chi connectivity index (χ3n) is 8.24. The number of ether oxygens (including phenoxy) is 4. The zero-order valence-corrected chi connectivity index (χ0v) is 22.6. The van der Waals surface area contributed by atoms with Crippen molar-refractivity contribution in [3.8, 4) is 0 Å². The number of aliphatic hydroxyl groups is 3. The topological polar surface area (TPSA) is 138 Å². The minimum Gasteiger partial charge on any atom is -0.481 e. The van der Waals surface area contributed by atoms with Gasteiger partial charge in [-0.25, -0.2) is 0 Å². The van der Waals surface area contributed by atoms with E-state index in [0.29, 0.717) is 0 Å². The van der Waals surface area contributed by atoms with Gasteiger partial charge in [0.25, 0.3) is 0 Å². The molecule has 2 saturated heterocycles. The molecule has 3 fully saturated rings. The van der Waals surface area contributed by atoms with Crippen LogP contribution in [-0.2, 0) is 23.7 Å². The fraction of sp³-hybridized carbons (Fsp3) is 0.962. The van der Waals surface area contributed by atoms with Crippen molar-refractivity contribution in [2.75, 3.05) is 20.2 Å². The zero-order chi connectivity index (χ0) is 26.8.